The molecule has 0 aliphatic rings. The molecule has 0 radical (unpaired) electrons. The van der Waals surface area contributed by atoms with E-state index in [9.17, 15) is 0 Å². The maximum Gasteiger partial charge on any atom is 0.139 e. The van der Waals surface area contributed by atoms with E-state index < -0.39 is 0 Å². The molecular weight excluding hydrogens is 196 g/mol. The topological polar surface area (TPSA) is 16.1 Å². The normalized spacial score (nSPS) is 10.5. The third kappa shape index (κ3) is 1.53. The maximum atomic E-state index is 6.07. The Morgan fingerprint density at radius 1 is 1.21 bits per heavy atom. The lowest BCUT2D eigenvalue weighted by atomic mass is 10.2. The van der Waals surface area contributed by atoms with Gasteiger partial charge in [-0.1, -0.05) is 35.9 Å². The molecule has 72 valence electrons. The van der Waals surface area contributed by atoms with E-state index in [2.05, 4.69) is 4.98 Å². The fourth-order valence-electron chi connectivity index (χ4n) is 1.37. The Kier molecular flexibility index (Phi) is 2.30. The van der Waals surface area contributed by atoms with Crippen LogP contribution in [0.1, 0.15) is 0 Å². The second-order valence-electron chi connectivity index (χ2n) is 3.39. The summed E-state index contributed by atoms with van der Waals surface area (Å²) in [5.41, 5.74) is 0. The molecule has 0 aliphatic carbocycles. The summed E-state index contributed by atoms with van der Waals surface area (Å²) in [5, 5.41) is 2.68. The fraction of sp³-hybridized carbons (Fsp3) is 0.182. The second-order valence-corrected chi connectivity index (χ2v) is 3.74. The summed E-state index contributed by atoms with van der Waals surface area (Å²) in [6.07, 6.45) is 0. The summed E-state index contributed by atoms with van der Waals surface area (Å²) in [4.78, 5) is 6.23. The molecule has 0 amide bonds. The average molecular weight is 207 g/mol. The Labute approximate surface area is 88.1 Å². The first kappa shape index (κ1) is 9.28. The van der Waals surface area contributed by atoms with Crippen LogP contribution < -0.4 is 4.90 Å². The number of benzene rings is 1. The van der Waals surface area contributed by atoms with Crippen molar-refractivity contribution in [1.29, 1.82) is 0 Å². The summed E-state index contributed by atoms with van der Waals surface area (Å²) >= 11 is 6.07. The van der Waals surface area contributed by atoms with Gasteiger partial charge in [0, 0.05) is 19.5 Å². The molecule has 0 unspecified atom stereocenters. The predicted molar refractivity (Wildman–Crippen MR) is 61.1 cm³/mol. The zero-order valence-electron chi connectivity index (χ0n) is 8.16. The minimum Gasteiger partial charge on any atom is -0.363 e. The van der Waals surface area contributed by atoms with E-state index in [1.54, 1.807) is 0 Å². The van der Waals surface area contributed by atoms with E-state index in [1.807, 2.05) is 49.3 Å². The van der Waals surface area contributed by atoms with Crippen LogP contribution in [0.25, 0.3) is 10.8 Å². The van der Waals surface area contributed by atoms with E-state index in [4.69, 9.17) is 11.6 Å². The molecule has 0 bridgehead atoms. The molecule has 14 heavy (non-hydrogen) atoms. The molecule has 2 aromatic rings. The molecule has 0 atom stereocenters. The minimum atomic E-state index is 0.562. The van der Waals surface area contributed by atoms with E-state index >= 15 is 0 Å². The minimum absolute atomic E-state index is 0.562. The zero-order chi connectivity index (χ0) is 10.1. The SMILES string of the molecule is CN(C)c1cc2ccccc2c(Cl)n1. The summed E-state index contributed by atoms with van der Waals surface area (Å²) in [5.74, 6) is 0.883. The lowest BCUT2D eigenvalue weighted by molar-refractivity contribution is 1.08. The number of nitrogens with zero attached hydrogens (tertiary/aromatic N) is 2. The van der Waals surface area contributed by atoms with Gasteiger partial charge in [0.2, 0.25) is 0 Å². The van der Waals surface area contributed by atoms with Crippen LogP contribution in [0.4, 0.5) is 5.82 Å². The quantitative estimate of drug-likeness (QED) is 0.667. The van der Waals surface area contributed by atoms with Gasteiger partial charge in [-0.05, 0) is 11.5 Å². The van der Waals surface area contributed by atoms with Crippen LogP contribution in [0.15, 0.2) is 30.3 Å². The van der Waals surface area contributed by atoms with Crippen LogP contribution in [0.5, 0.6) is 0 Å². The Morgan fingerprint density at radius 3 is 2.64 bits per heavy atom. The van der Waals surface area contributed by atoms with Crippen molar-refractivity contribution in [3.05, 3.63) is 35.5 Å². The van der Waals surface area contributed by atoms with E-state index in [0.29, 0.717) is 5.15 Å². The standard InChI is InChI=1S/C11H11ClN2/c1-14(2)10-7-8-5-3-4-6-9(8)11(12)13-10/h3-7H,1-2H3. The van der Waals surface area contributed by atoms with Crippen LogP contribution in [-0.2, 0) is 0 Å². The third-order valence-electron chi connectivity index (χ3n) is 2.14. The third-order valence-corrected chi connectivity index (χ3v) is 2.43. The van der Waals surface area contributed by atoms with Crippen LogP contribution in [0, 0.1) is 0 Å². The predicted octanol–water partition coefficient (Wildman–Crippen LogP) is 2.95. The first-order valence-electron chi connectivity index (χ1n) is 4.41. The Morgan fingerprint density at radius 2 is 1.93 bits per heavy atom. The van der Waals surface area contributed by atoms with Gasteiger partial charge in [0.05, 0.1) is 0 Å². The fourth-order valence-corrected chi connectivity index (χ4v) is 1.63. The van der Waals surface area contributed by atoms with E-state index in [1.165, 1.54) is 0 Å². The molecule has 0 saturated carbocycles. The Hall–Kier alpha value is -1.28. The summed E-state index contributed by atoms with van der Waals surface area (Å²) in [7, 11) is 3.90. The molecule has 0 spiro atoms. The molecule has 2 nitrogen and oxygen atoms in total. The van der Waals surface area contributed by atoms with Crippen molar-refractivity contribution in [2.24, 2.45) is 0 Å². The number of aromatic nitrogens is 1. The van der Waals surface area contributed by atoms with Gasteiger partial charge < -0.3 is 4.90 Å². The van der Waals surface area contributed by atoms with Crippen LogP contribution >= 0.6 is 11.6 Å². The van der Waals surface area contributed by atoms with Crippen LogP contribution in [-0.4, -0.2) is 19.1 Å². The maximum absolute atomic E-state index is 6.07. The summed E-state index contributed by atoms with van der Waals surface area (Å²) in [6.45, 7) is 0. The molecule has 0 N–H and O–H groups in total. The van der Waals surface area contributed by atoms with Crippen molar-refractivity contribution in [3.63, 3.8) is 0 Å². The number of anilines is 1. The molecule has 0 aliphatic heterocycles. The molecule has 1 aromatic carbocycles. The smallest absolute Gasteiger partial charge is 0.139 e. The van der Waals surface area contributed by atoms with Gasteiger partial charge in [0.1, 0.15) is 11.0 Å². The average Bonchev–Trinajstić information content (AvgIpc) is 2.17. The number of fused-ring (bicyclic) bond motifs is 1. The van der Waals surface area contributed by atoms with Crippen molar-refractivity contribution in [1.82, 2.24) is 4.98 Å². The number of rotatable bonds is 1. The summed E-state index contributed by atoms with van der Waals surface area (Å²) < 4.78 is 0. The van der Waals surface area contributed by atoms with E-state index in [0.717, 1.165) is 16.6 Å². The number of halogens is 1. The number of hydrogen-bond acceptors (Lipinski definition) is 2. The lowest BCUT2D eigenvalue weighted by Gasteiger charge is -2.12. The van der Waals surface area contributed by atoms with Crippen LogP contribution in [0.3, 0.4) is 0 Å². The first-order chi connectivity index (χ1) is 6.68. The van der Waals surface area contributed by atoms with Gasteiger partial charge in [0.25, 0.3) is 0 Å². The molecule has 2 rings (SSSR count). The van der Waals surface area contributed by atoms with Gasteiger partial charge in [-0.2, -0.15) is 0 Å². The van der Waals surface area contributed by atoms with Crippen molar-refractivity contribution >= 4 is 28.2 Å². The van der Waals surface area contributed by atoms with Crippen molar-refractivity contribution < 1.29 is 0 Å². The first-order valence-corrected chi connectivity index (χ1v) is 4.79. The van der Waals surface area contributed by atoms with E-state index in [-0.39, 0.29) is 0 Å². The van der Waals surface area contributed by atoms with Gasteiger partial charge in [0.15, 0.2) is 0 Å². The van der Waals surface area contributed by atoms with Gasteiger partial charge in [-0.3, -0.25) is 0 Å². The highest BCUT2D eigenvalue weighted by Gasteiger charge is 2.04. The van der Waals surface area contributed by atoms with Gasteiger partial charge in [-0.25, -0.2) is 4.98 Å². The van der Waals surface area contributed by atoms with Gasteiger partial charge in [-0.15, -0.1) is 0 Å². The Bertz CT molecular complexity index is 466. The largest absolute Gasteiger partial charge is 0.363 e. The van der Waals surface area contributed by atoms with Crippen molar-refractivity contribution in [2.45, 2.75) is 0 Å². The molecule has 1 aromatic heterocycles. The highest BCUT2D eigenvalue weighted by molar-refractivity contribution is 6.34. The lowest BCUT2D eigenvalue weighted by Crippen LogP contribution is -2.10. The molecule has 3 heteroatoms. The second kappa shape index (κ2) is 3.46. The number of hydrogen-bond donors (Lipinski definition) is 0. The highest BCUT2D eigenvalue weighted by atomic mass is 35.5. The van der Waals surface area contributed by atoms with Crippen molar-refractivity contribution in [3.8, 4) is 0 Å². The molecule has 1 heterocycles. The zero-order valence-corrected chi connectivity index (χ0v) is 8.92. The molecular formula is C11H11ClN2. The molecule has 0 fully saturated rings. The van der Waals surface area contributed by atoms with Crippen LogP contribution in [0.2, 0.25) is 5.15 Å². The van der Waals surface area contributed by atoms with Gasteiger partial charge >= 0.3 is 0 Å². The number of pyridine rings is 1. The Balaban J connectivity index is 2.72. The monoisotopic (exact) mass is 206 g/mol. The summed E-state index contributed by atoms with van der Waals surface area (Å²) in [6, 6.07) is 10.0. The highest BCUT2D eigenvalue weighted by Crippen LogP contribution is 2.25. The van der Waals surface area contributed by atoms with Crippen molar-refractivity contribution in [2.75, 3.05) is 19.0 Å². The molecule has 0 saturated heterocycles.